The fourth-order valence-corrected chi connectivity index (χ4v) is 3.45. The van der Waals surface area contributed by atoms with Gasteiger partial charge in [-0.25, -0.2) is 0 Å². The maximum atomic E-state index is 13.0. The van der Waals surface area contributed by atoms with E-state index in [1.807, 2.05) is 0 Å². The molecule has 5 nitrogen and oxygen atoms in total. The molecule has 2 rings (SSSR count). The summed E-state index contributed by atoms with van der Waals surface area (Å²) in [5.41, 5.74) is -1.65. The molecule has 0 radical (unpaired) electrons. The third-order valence-corrected chi connectivity index (χ3v) is 5.04. The highest BCUT2D eigenvalue weighted by Crippen LogP contribution is 2.42. The van der Waals surface area contributed by atoms with Crippen molar-refractivity contribution in [1.82, 2.24) is 4.90 Å². The predicted molar refractivity (Wildman–Crippen MR) is 91.2 cm³/mol. The number of anilines is 1. The summed E-state index contributed by atoms with van der Waals surface area (Å²) in [4.78, 5) is 14.5. The van der Waals surface area contributed by atoms with Crippen LogP contribution in [-0.2, 0) is 6.18 Å². The molecule has 0 N–H and O–H groups in total. The van der Waals surface area contributed by atoms with E-state index >= 15 is 0 Å². The summed E-state index contributed by atoms with van der Waals surface area (Å²) in [5, 5.41) is 10.8. The van der Waals surface area contributed by atoms with Gasteiger partial charge in [0.15, 0.2) is 0 Å². The molecule has 140 valence electrons. The molecule has 0 unspecified atom stereocenters. The van der Waals surface area contributed by atoms with E-state index in [1.54, 1.807) is 11.9 Å². The highest BCUT2D eigenvalue weighted by atomic mass is 35.5. The van der Waals surface area contributed by atoms with Gasteiger partial charge < -0.3 is 9.80 Å². The van der Waals surface area contributed by atoms with Crippen molar-refractivity contribution in [2.75, 3.05) is 25.0 Å². The number of nitro groups is 1. The zero-order valence-corrected chi connectivity index (χ0v) is 15.1. The maximum Gasteiger partial charge on any atom is 0.418 e. The van der Waals surface area contributed by atoms with E-state index in [9.17, 15) is 23.3 Å². The van der Waals surface area contributed by atoms with Crippen LogP contribution in [0.2, 0.25) is 5.02 Å². The van der Waals surface area contributed by atoms with Crippen LogP contribution in [0.25, 0.3) is 0 Å². The van der Waals surface area contributed by atoms with E-state index in [2.05, 4.69) is 18.7 Å². The normalized spacial score (nSPS) is 17.1. The van der Waals surface area contributed by atoms with Crippen LogP contribution in [0.1, 0.15) is 32.3 Å². The quantitative estimate of drug-likeness (QED) is 0.567. The van der Waals surface area contributed by atoms with E-state index in [-0.39, 0.29) is 11.7 Å². The Kier molecular flexibility index (Phi) is 5.83. The van der Waals surface area contributed by atoms with Gasteiger partial charge in [-0.1, -0.05) is 11.6 Å². The minimum atomic E-state index is -4.73. The van der Waals surface area contributed by atoms with Crippen molar-refractivity contribution in [3.05, 3.63) is 32.8 Å². The van der Waals surface area contributed by atoms with Gasteiger partial charge in [-0.3, -0.25) is 10.1 Å². The first kappa shape index (κ1) is 19.8. The van der Waals surface area contributed by atoms with Crippen molar-refractivity contribution >= 4 is 23.0 Å². The summed E-state index contributed by atoms with van der Waals surface area (Å²) < 4.78 is 38.9. The number of hydrogen-bond donors (Lipinski definition) is 0. The Morgan fingerprint density at radius 2 is 1.88 bits per heavy atom. The summed E-state index contributed by atoms with van der Waals surface area (Å²) >= 11 is 5.76. The summed E-state index contributed by atoms with van der Waals surface area (Å²) in [6.07, 6.45) is -3.17. The summed E-state index contributed by atoms with van der Waals surface area (Å²) in [6.45, 7) is 5.89. The van der Waals surface area contributed by atoms with Crippen LogP contribution in [0, 0.1) is 10.1 Å². The first-order valence-corrected chi connectivity index (χ1v) is 8.42. The van der Waals surface area contributed by atoms with Crippen LogP contribution in [0.5, 0.6) is 0 Å². The average Bonchev–Trinajstić information content (AvgIpc) is 2.52. The lowest BCUT2D eigenvalue weighted by atomic mass is 10.0. The second-order valence-corrected chi connectivity index (χ2v) is 6.95. The largest absolute Gasteiger partial charge is 0.418 e. The number of piperidine rings is 1. The molecule has 0 atom stereocenters. The monoisotopic (exact) mass is 379 g/mol. The van der Waals surface area contributed by atoms with Gasteiger partial charge in [0.05, 0.1) is 15.5 Å². The zero-order valence-electron chi connectivity index (χ0n) is 14.3. The smallest absolute Gasteiger partial charge is 0.366 e. The van der Waals surface area contributed by atoms with Crippen LogP contribution in [-0.4, -0.2) is 42.0 Å². The molecule has 1 aromatic carbocycles. The Hall–Kier alpha value is -1.54. The van der Waals surface area contributed by atoms with Gasteiger partial charge in [0.25, 0.3) is 5.69 Å². The highest BCUT2D eigenvalue weighted by Gasteiger charge is 2.37. The highest BCUT2D eigenvalue weighted by molar-refractivity contribution is 6.31. The predicted octanol–water partition coefficient (Wildman–Crippen LogP) is 4.58. The molecule has 0 saturated carbocycles. The average molecular weight is 380 g/mol. The molecule has 0 bridgehead atoms. The Morgan fingerprint density at radius 1 is 1.32 bits per heavy atom. The molecule has 0 spiro atoms. The van der Waals surface area contributed by atoms with Gasteiger partial charge in [-0.2, -0.15) is 13.2 Å². The molecule has 1 aliphatic heterocycles. The summed E-state index contributed by atoms with van der Waals surface area (Å²) in [7, 11) is 1.67. The molecule has 1 saturated heterocycles. The molecule has 0 aromatic heterocycles. The van der Waals surface area contributed by atoms with Gasteiger partial charge >= 0.3 is 6.18 Å². The van der Waals surface area contributed by atoms with Gasteiger partial charge in [0.2, 0.25) is 0 Å². The molecule has 1 aromatic rings. The Balaban J connectivity index is 2.32. The lowest BCUT2D eigenvalue weighted by molar-refractivity contribution is -0.384. The third-order valence-electron chi connectivity index (χ3n) is 4.72. The van der Waals surface area contributed by atoms with E-state index in [1.165, 1.54) is 0 Å². The molecule has 1 heterocycles. The van der Waals surface area contributed by atoms with Crippen LogP contribution in [0.3, 0.4) is 0 Å². The number of nitrogens with zero attached hydrogens (tertiary/aromatic N) is 3. The van der Waals surface area contributed by atoms with Gasteiger partial charge in [0, 0.05) is 38.3 Å². The Bertz CT molecular complexity index is 644. The van der Waals surface area contributed by atoms with Crippen molar-refractivity contribution in [2.24, 2.45) is 0 Å². The number of halogens is 4. The third kappa shape index (κ3) is 4.36. The molecule has 1 aliphatic rings. The Morgan fingerprint density at radius 3 is 2.32 bits per heavy atom. The first-order valence-electron chi connectivity index (χ1n) is 8.04. The van der Waals surface area contributed by atoms with Crippen LogP contribution < -0.4 is 4.90 Å². The number of rotatable bonds is 4. The lowest BCUT2D eigenvalue weighted by Gasteiger charge is -2.39. The lowest BCUT2D eigenvalue weighted by Crippen LogP contribution is -2.45. The van der Waals surface area contributed by atoms with Crippen molar-refractivity contribution in [3.8, 4) is 0 Å². The molecular formula is C16H21ClF3N3O2. The van der Waals surface area contributed by atoms with E-state index in [4.69, 9.17) is 11.6 Å². The van der Waals surface area contributed by atoms with Crippen molar-refractivity contribution in [1.29, 1.82) is 0 Å². The first-order chi connectivity index (χ1) is 11.5. The second kappa shape index (κ2) is 7.37. The number of alkyl halides is 3. The molecule has 0 amide bonds. The fourth-order valence-electron chi connectivity index (χ4n) is 3.18. The standard InChI is InChI=1S/C16H21ClF3N3O2/c1-10(2)22-6-4-11(5-7-22)21(3)14-9-13(17)12(16(18,19)20)8-15(14)23(24)25/h8-11H,4-7H2,1-3H3. The summed E-state index contributed by atoms with van der Waals surface area (Å²) in [5.74, 6) is 0. The number of hydrogen-bond acceptors (Lipinski definition) is 4. The van der Waals surface area contributed by atoms with Gasteiger partial charge in [0.1, 0.15) is 5.69 Å². The summed E-state index contributed by atoms with van der Waals surface area (Å²) in [6, 6.07) is 2.01. The van der Waals surface area contributed by atoms with Crippen molar-refractivity contribution in [2.45, 2.75) is 44.9 Å². The number of likely N-dealkylation sites (tertiary alicyclic amines) is 1. The molecule has 1 fully saturated rings. The molecule has 25 heavy (non-hydrogen) atoms. The van der Waals surface area contributed by atoms with E-state index < -0.39 is 27.4 Å². The number of benzene rings is 1. The minimum Gasteiger partial charge on any atom is -0.366 e. The zero-order chi connectivity index (χ0) is 18.9. The van der Waals surface area contributed by atoms with E-state index in [0.717, 1.165) is 32.0 Å². The van der Waals surface area contributed by atoms with Gasteiger partial charge in [-0.05, 0) is 32.8 Å². The maximum absolute atomic E-state index is 13.0. The van der Waals surface area contributed by atoms with Crippen LogP contribution in [0.4, 0.5) is 24.5 Å². The molecule has 9 heteroatoms. The number of nitro benzene ring substituents is 1. The molecule has 0 aliphatic carbocycles. The van der Waals surface area contributed by atoms with Crippen molar-refractivity contribution < 1.29 is 18.1 Å². The van der Waals surface area contributed by atoms with Crippen LogP contribution >= 0.6 is 11.6 Å². The van der Waals surface area contributed by atoms with Gasteiger partial charge in [-0.15, -0.1) is 0 Å². The Labute approximate surface area is 149 Å². The SMILES string of the molecule is CC(C)N1CCC(N(C)c2cc(Cl)c(C(F)(F)F)cc2[N+](=O)[O-])CC1. The topological polar surface area (TPSA) is 49.6 Å². The van der Waals surface area contributed by atoms with E-state index in [0.29, 0.717) is 12.1 Å². The fraction of sp³-hybridized carbons (Fsp3) is 0.625. The minimum absolute atomic E-state index is 0.0153. The second-order valence-electron chi connectivity index (χ2n) is 6.55. The molecular weight excluding hydrogens is 359 g/mol. The van der Waals surface area contributed by atoms with Crippen molar-refractivity contribution in [3.63, 3.8) is 0 Å². The van der Waals surface area contributed by atoms with Crippen LogP contribution in [0.15, 0.2) is 12.1 Å².